The van der Waals surface area contributed by atoms with Gasteiger partial charge >= 0.3 is 5.97 Å². The quantitative estimate of drug-likeness (QED) is 0.769. The number of halogens is 1. The molecule has 4 nitrogen and oxygen atoms in total. The third kappa shape index (κ3) is 2.67. The molecule has 0 saturated carbocycles. The summed E-state index contributed by atoms with van der Waals surface area (Å²) < 4.78 is 7.76. The third-order valence-electron chi connectivity index (χ3n) is 3.65. The largest absolute Gasteiger partial charge is 0.464 e. The van der Waals surface area contributed by atoms with Crippen LogP contribution >= 0.6 is 15.9 Å². The molecule has 114 valence electrons. The van der Waals surface area contributed by atoms with Crippen LogP contribution < -0.4 is 0 Å². The molecule has 0 bridgehead atoms. The topological polar surface area (TPSA) is 55.0 Å². The smallest absolute Gasteiger partial charge is 0.355 e. The number of nitriles is 1. The third-order valence-corrected chi connectivity index (χ3v) is 4.17. The van der Waals surface area contributed by atoms with E-state index in [9.17, 15) is 10.1 Å². The molecule has 0 aliphatic rings. The van der Waals surface area contributed by atoms with E-state index in [1.54, 1.807) is 0 Å². The standard InChI is InChI=1S/C17H17BrN2O2/c1-4-14-13(10-19)15(11-6-8-12(18)9-7-11)16(17(21)22-3)20(14)5-2/h6-9H,4-5H2,1-3H3. The molecule has 0 spiro atoms. The number of carbonyl (C=O) groups is 1. The van der Waals surface area contributed by atoms with Crippen molar-refractivity contribution in [2.75, 3.05) is 7.11 Å². The maximum atomic E-state index is 12.3. The van der Waals surface area contributed by atoms with Crippen molar-refractivity contribution in [3.8, 4) is 17.2 Å². The molecule has 0 saturated heterocycles. The van der Waals surface area contributed by atoms with Gasteiger partial charge in [0.05, 0.1) is 12.7 Å². The average Bonchev–Trinajstić information content (AvgIpc) is 2.87. The second-order valence-electron chi connectivity index (χ2n) is 4.75. The van der Waals surface area contributed by atoms with Crippen LogP contribution in [0.15, 0.2) is 28.7 Å². The molecule has 0 fully saturated rings. The average molecular weight is 361 g/mol. The fraction of sp³-hybridized carbons (Fsp3) is 0.294. The number of nitrogens with zero attached hydrogens (tertiary/aromatic N) is 2. The van der Waals surface area contributed by atoms with E-state index in [0.29, 0.717) is 29.8 Å². The molecule has 1 aromatic carbocycles. The van der Waals surface area contributed by atoms with Crippen LogP contribution in [0.5, 0.6) is 0 Å². The Morgan fingerprint density at radius 3 is 2.41 bits per heavy atom. The molecule has 2 aromatic rings. The molecule has 1 aromatic heterocycles. The molecule has 0 atom stereocenters. The Morgan fingerprint density at radius 1 is 1.32 bits per heavy atom. The zero-order valence-electron chi connectivity index (χ0n) is 12.8. The molecular formula is C17H17BrN2O2. The molecule has 5 heteroatoms. The summed E-state index contributed by atoms with van der Waals surface area (Å²) in [6.45, 7) is 4.55. The SMILES string of the molecule is CCc1c(C#N)c(-c2ccc(Br)cc2)c(C(=O)OC)n1CC. The van der Waals surface area contributed by atoms with Crippen LogP contribution in [0.2, 0.25) is 0 Å². The first-order chi connectivity index (χ1) is 10.6. The van der Waals surface area contributed by atoms with Crippen LogP contribution in [0, 0.1) is 11.3 Å². The Bertz CT molecular complexity index is 739. The number of hydrogen-bond acceptors (Lipinski definition) is 3. The maximum absolute atomic E-state index is 12.3. The molecule has 0 N–H and O–H groups in total. The Morgan fingerprint density at radius 2 is 1.95 bits per heavy atom. The molecule has 0 unspecified atom stereocenters. The molecule has 0 radical (unpaired) electrons. The van der Waals surface area contributed by atoms with Gasteiger partial charge in [-0.15, -0.1) is 0 Å². The van der Waals surface area contributed by atoms with Crippen molar-refractivity contribution in [3.05, 3.63) is 45.7 Å². The Hall–Kier alpha value is -2.06. The monoisotopic (exact) mass is 360 g/mol. The number of aromatic nitrogens is 1. The summed E-state index contributed by atoms with van der Waals surface area (Å²) in [5.74, 6) is -0.420. The Labute approximate surface area is 138 Å². The predicted molar refractivity (Wildman–Crippen MR) is 88.7 cm³/mol. The lowest BCUT2D eigenvalue weighted by Gasteiger charge is -2.09. The fourth-order valence-electron chi connectivity index (χ4n) is 2.71. The summed E-state index contributed by atoms with van der Waals surface area (Å²) in [5.41, 5.74) is 3.35. The highest BCUT2D eigenvalue weighted by Gasteiger charge is 2.27. The first-order valence-corrected chi connectivity index (χ1v) is 7.87. The number of methoxy groups -OCH3 is 1. The van der Waals surface area contributed by atoms with Gasteiger partial charge in [0.2, 0.25) is 0 Å². The van der Waals surface area contributed by atoms with Gasteiger partial charge in [0.1, 0.15) is 11.8 Å². The van der Waals surface area contributed by atoms with E-state index in [0.717, 1.165) is 15.7 Å². The van der Waals surface area contributed by atoms with Crippen LogP contribution in [0.25, 0.3) is 11.1 Å². The second kappa shape index (κ2) is 6.80. The molecule has 0 aliphatic heterocycles. The first kappa shape index (κ1) is 16.3. The summed E-state index contributed by atoms with van der Waals surface area (Å²) >= 11 is 3.40. The Balaban J connectivity index is 2.85. The van der Waals surface area contributed by atoms with Crippen LogP contribution in [0.3, 0.4) is 0 Å². The zero-order valence-corrected chi connectivity index (χ0v) is 14.4. The summed E-state index contributed by atoms with van der Waals surface area (Å²) in [6.07, 6.45) is 0.678. The van der Waals surface area contributed by atoms with E-state index >= 15 is 0 Å². The van der Waals surface area contributed by atoms with Crippen LogP contribution in [0.1, 0.15) is 35.6 Å². The highest BCUT2D eigenvalue weighted by Crippen LogP contribution is 2.34. The van der Waals surface area contributed by atoms with Crippen LogP contribution in [0.4, 0.5) is 0 Å². The molecule has 22 heavy (non-hydrogen) atoms. The normalized spacial score (nSPS) is 10.3. The molecular weight excluding hydrogens is 344 g/mol. The minimum atomic E-state index is -0.420. The van der Waals surface area contributed by atoms with Crippen molar-refractivity contribution in [1.82, 2.24) is 4.57 Å². The molecule has 0 aliphatic carbocycles. The van der Waals surface area contributed by atoms with Gasteiger partial charge in [-0.3, -0.25) is 0 Å². The van der Waals surface area contributed by atoms with Crippen molar-refractivity contribution in [3.63, 3.8) is 0 Å². The van der Waals surface area contributed by atoms with Crippen molar-refractivity contribution < 1.29 is 9.53 Å². The summed E-state index contributed by atoms with van der Waals surface area (Å²) in [4.78, 5) is 12.3. The van der Waals surface area contributed by atoms with Crippen LogP contribution in [-0.4, -0.2) is 17.6 Å². The van der Waals surface area contributed by atoms with E-state index in [-0.39, 0.29) is 0 Å². The van der Waals surface area contributed by atoms with E-state index in [1.165, 1.54) is 7.11 Å². The van der Waals surface area contributed by atoms with E-state index < -0.39 is 5.97 Å². The van der Waals surface area contributed by atoms with Crippen molar-refractivity contribution in [1.29, 1.82) is 5.26 Å². The summed E-state index contributed by atoms with van der Waals surface area (Å²) in [5, 5.41) is 9.61. The highest BCUT2D eigenvalue weighted by atomic mass is 79.9. The molecule has 1 heterocycles. The fourth-order valence-corrected chi connectivity index (χ4v) is 2.98. The van der Waals surface area contributed by atoms with Gasteiger partial charge in [-0.2, -0.15) is 5.26 Å². The molecule has 2 rings (SSSR count). The highest BCUT2D eigenvalue weighted by molar-refractivity contribution is 9.10. The minimum absolute atomic E-state index is 0.420. The lowest BCUT2D eigenvalue weighted by molar-refractivity contribution is 0.0589. The van der Waals surface area contributed by atoms with Gasteiger partial charge in [0.25, 0.3) is 0 Å². The predicted octanol–water partition coefficient (Wildman–Crippen LogP) is 4.16. The van der Waals surface area contributed by atoms with Crippen molar-refractivity contribution >= 4 is 21.9 Å². The van der Waals surface area contributed by atoms with E-state index in [1.807, 2.05) is 42.7 Å². The second-order valence-corrected chi connectivity index (χ2v) is 5.67. The number of rotatable bonds is 4. The van der Waals surface area contributed by atoms with Crippen LogP contribution in [-0.2, 0) is 17.7 Å². The number of hydrogen-bond donors (Lipinski definition) is 0. The minimum Gasteiger partial charge on any atom is -0.464 e. The summed E-state index contributed by atoms with van der Waals surface area (Å²) in [6, 6.07) is 9.84. The van der Waals surface area contributed by atoms with Gasteiger partial charge in [0.15, 0.2) is 0 Å². The number of esters is 1. The number of carbonyl (C=O) groups excluding carboxylic acids is 1. The van der Waals surface area contributed by atoms with Gasteiger partial charge in [-0.1, -0.05) is 35.0 Å². The first-order valence-electron chi connectivity index (χ1n) is 7.08. The maximum Gasteiger partial charge on any atom is 0.355 e. The van der Waals surface area contributed by atoms with E-state index in [2.05, 4.69) is 22.0 Å². The van der Waals surface area contributed by atoms with Gasteiger partial charge in [-0.05, 0) is 31.0 Å². The van der Waals surface area contributed by atoms with Gasteiger partial charge in [-0.25, -0.2) is 4.79 Å². The lowest BCUT2D eigenvalue weighted by Crippen LogP contribution is -2.12. The van der Waals surface area contributed by atoms with Gasteiger partial charge < -0.3 is 9.30 Å². The number of ether oxygens (including phenoxy) is 1. The van der Waals surface area contributed by atoms with Crippen molar-refractivity contribution in [2.24, 2.45) is 0 Å². The lowest BCUT2D eigenvalue weighted by atomic mass is 10.00. The zero-order chi connectivity index (χ0) is 16.3. The van der Waals surface area contributed by atoms with E-state index in [4.69, 9.17) is 4.74 Å². The summed E-state index contributed by atoms with van der Waals surface area (Å²) in [7, 11) is 1.36. The Kier molecular flexibility index (Phi) is 5.04. The number of benzene rings is 1. The molecule has 0 amide bonds. The van der Waals surface area contributed by atoms with Gasteiger partial charge in [0, 0.05) is 22.3 Å². The van der Waals surface area contributed by atoms with Crippen molar-refractivity contribution in [2.45, 2.75) is 26.8 Å².